The van der Waals surface area contributed by atoms with E-state index in [0.29, 0.717) is 11.1 Å². The van der Waals surface area contributed by atoms with Crippen LogP contribution < -0.4 is 0 Å². The van der Waals surface area contributed by atoms with Crippen molar-refractivity contribution in [3.63, 3.8) is 0 Å². The molecule has 1 aromatic carbocycles. The van der Waals surface area contributed by atoms with Crippen LogP contribution in [0.4, 0.5) is 0 Å². The summed E-state index contributed by atoms with van der Waals surface area (Å²) in [5, 5.41) is 17.9. The van der Waals surface area contributed by atoms with Crippen LogP contribution in [0.1, 0.15) is 28.4 Å². The molecular weight excluding hydrogens is 236 g/mol. The van der Waals surface area contributed by atoms with Crippen molar-refractivity contribution in [1.82, 2.24) is 0 Å². The topological polar surface area (TPSA) is 83.8 Å². The number of esters is 1. The molecule has 0 aliphatic heterocycles. The van der Waals surface area contributed by atoms with Crippen molar-refractivity contribution >= 4 is 18.0 Å². The number of carboxylic acid groups (broad SMARTS) is 1. The zero-order chi connectivity index (χ0) is 13.5. The third-order valence-electron chi connectivity index (χ3n) is 2.14. The smallest absolute Gasteiger partial charge is 0.335 e. The van der Waals surface area contributed by atoms with Crippen molar-refractivity contribution in [1.29, 1.82) is 0 Å². The predicted octanol–water partition coefficient (Wildman–Crippen LogP) is 1.45. The average molecular weight is 250 g/mol. The van der Waals surface area contributed by atoms with Gasteiger partial charge in [0.2, 0.25) is 0 Å². The van der Waals surface area contributed by atoms with Gasteiger partial charge in [0, 0.05) is 6.08 Å². The molecule has 1 aromatic rings. The molecular formula is C13H14O5. The van der Waals surface area contributed by atoms with Gasteiger partial charge >= 0.3 is 11.9 Å². The van der Waals surface area contributed by atoms with Crippen LogP contribution >= 0.6 is 0 Å². The third-order valence-corrected chi connectivity index (χ3v) is 2.14. The number of ether oxygens (including phenoxy) is 1. The Bertz CT molecular complexity index is 476. The van der Waals surface area contributed by atoms with Gasteiger partial charge in [-0.1, -0.05) is 0 Å². The van der Waals surface area contributed by atoms with E-state index < -0.39 is 11.9 Å². The molecule has 0 saturated carbocycles. The summed E-state index contributed by atoms with van der Waals surface area (Å²) in [6.07, 6.45) is 2.66. The van der Waals surface area contributed by atoms with E-state index in [4.69, 9.17) is 14.9 Å². The number of rotatable bonds is 5. The highest BCUT2D eigenvalue weighted by Gasteiger charge is 2.05. The first-order valence-electron chi connectivity index (χ1n) is 5.39. The fourth-order valence-corrected chi connectivity index (χ4v) is 1.38. The SMILES string of the molecule is CCOC(=O)/C=C/c1cc(CO)cc(C(=O)O)c1. The Balaban J connectivity index is 2.98. The molecule has 0 bridgehead atoms. The van der Waals surface area contributed by atoms with Crippen LogP contribution in [0.25, 0.3) is 6.08 Å². The van der Waals surface area contributed by atoms with E-state index >= 15 is 0 Å². The molecule has 0 aliphatic carbocycles. The Labute approximate surface area is 104 Å². The number of carboxylic acids is 1. The second kappa shape index (κ2) is 6.56. The van der Waals surface area contributed by atoms with Gasteiger partial charge in [-0.05, 0) is 42.3 Å². The second-order valence-electron chi connectivity index (χ2n) is 3.51. The van der Waals surface area contributed by atoms with E-state index in [-0.39, 0.29) is 18.8 Å². The van der Waals surface area contributed by atoms with Gasteiger partial charge in [-0.25, -0.2) is 9.59 Å². The number of aliphatic hydroxyl groups is 1. The molecule has 96 valence electrons. The quantitative estimate of drug-likeness (QED) is 0.610. The molecule has 2 N–H and O–H groups in total. The van der Waals surface area contributed by atoms with Crippen LogP contribution in [0.5, 0.6) is 0 Å². The molecule has 0 radical (unpaired) electrons. The van der Waals surface area contributed by atoms with E-state index in [1.54, 1.807) is 13.0 Å². The number of benzene rings is 1. The van der Waals surface area contributed by atoms with Crippen LogP contribution in [0.2, 0.25) is 0 Å². The first kappa shape index (κ1) is 13.9. The lowest BCUT2D eigenvalue weighted by atomic mass is 10.1. The maximum absolute atomic E-state index is 11.1. The first-order chi connectivity index (χ1) is 8.56. The van der Waals surface area contributed by atoms with Gasteiger partial charge in [0.25, 0.3) is 0 Å². The van der Waals surface area contributed by atoms with Gasteiger partial charge in [-0.15, -0.1) is 0 Å². The van der Waals surface area contributed by atoms with Crippen molar-refractivity contribution in [2.75, 3.05) is 6.61 Å². The van der Waals surface area contributed by atoms with Gasteiger partial charge in [-0.2, -0.15) is 0 Å². The van der Waals surface area contributed by atoms with Gasteiger partial charge in [0.05, 0.1) is 18.8 Å². The van der Waals surface area contributed by atoms with E-state index in [9.17, 15) is 9.59 Å². The maximum atomic E-state index is 11.1. The highest BCUT2D eigenvalue weighted by atomic mass is 16.5. The highest BCUT2D eigenvalue weighted by molar-refractivity contribution is 5.90. The Morgan fingerprint density at radius 2 is 2.06 bits per heavy atom. The molecule has 0 amide bonds. The Kier molecular flexibility index (Phi) is 5.07. The molecule has 0 saturated heterocycles. The molecule has 0 spiro atoms. The second-order valence-corrected chi connectivity index (χ2v) is 3.51. The average Bonchev–Trinajstić information content (AvgIpc) is 2.36. The Morgan fingerprint density at radius 1 is 1.33 bits per heavy atom. The van der Waals surface area contributed by atoms with Gasteiger partial charge in [-0.3, -0.25) is 0 Å². The normalized spacial score (nSPS) is 10.6. The lowest BCUT2D eigenvalue weighted by molar-refractivity contribution is -0.137. The van der Waals surface area contributed by atoms with Crippen molar-refractivity contribution in [2.45, 2.75) is 13.5 Å². The minimum atomic E-state index is -1.09. The molecule has 0 aromatic heterocycles. The summed E-state index contributed by atoms with van der Waals surface area (Å²) >= 11 is 0. The molecule has 0 atom stereocenters. The molecule has 1 rings (SSSR count). The molecule has 0 unspecified atom stereocenters. The maximum Gasteiger partial charge on any atom is 0.335 e. The lowest BCUT2D eigenvalue weighted by Gasteiger charge is -2.02. The Hall–Kier alpha value is -2.14. The summed E-state index contributed by atoms with van der Waals surface area (Å²) in [6, 6.07) is 4.39. The molecule has 5 nitrogen and oxygen atoms in total. The van der Waals surface area contributed by atoms with Crippen molar-refractivity contribution in [3.05, 3.63) is 41.0 Å². The van der Waals surface area contributed by atoms with E-state index in [2.05, 4.69) is 0 Å². The third kappa shape index (κ3) is 4.03. The van der Waals surface area contributed by atoms with Crippen LogP contribution in [-0.2, 0) is 16.1 Å². The number of hydrogen-bond acceptors (Lipinski definition) is 4. The molecule has 0 aliphatic rings. The molecule has 0 heterocycles. The van der Waals surface area contributed by atoms with Crippen LogP contribution in [0, 0.1) is 0 Å². The fourth-order valence-electron chi connectivity index (χ4n) is 1.38. The minimum Gasteiger partial charge on any atom is -0.478 e. The zero-order valence-corrected chi connectivity index (χ0v) is 9.92. The predicted molar refractivity (Wildman–Crippen MR) is 65.0 cm³/mol. The summed E-state index contributed by atoms with van der Waals surface area (Å²) in [5.74, 6) is -1.58. The number of aliphatic hydroxyl groups excluding tert-OH is 1. The van der Waals surface area contributed by atoms with E-state index in [1.807, 2.05) is 0 Å². The number of hydrogen-bond donors (Lipinski definition) is 2. The van der Waals surface area contributed by atoms with Crippen LogP contribution in [-0.4, -0.2) is 28.8 Å². The van der Waals surface area contributed by atoms with Crippen molar-refractivity contribution in [3.8, 4) is 0 Å². The molecule has 18 heavy (non-hydrogen) atoms. The monoisotopic (exact) mass is 250 g/mol. The van der Waals surface area contributed by atoms with Crippen molar-refractivity contribution < 1.29 is 24.5 Å². The summed E-state index contributed by atoms with van der Waals surface area (Å²) in [5.41, 5.74) is 1.05. The van der Waals surface area contributed by atoms with Gasteiger partial charge in [0.15, 0.2) is 0 Å². The largest absolute Gasteiger partial charge is 0.478 e. The van der Waals surface area contributed by atoms with E-state index in [1.165, 1.54) is 24.3 Å². The fraction of sp³-hybridized carbons (Fsp3) is 0.231. The Morgan fingerprint density at radius 3 is 2.61 bits per heavy atom. The standard InChI is InChI=1S/C13H14O5/c1-2-18-12(15)4-3-9-5-10(8-14)7-11(6-9)13(16)17/h3-7,14H,2,8H2,1H3,(H,16,17)/b4-3+. The minimum absolute atomic E-state index is 0.0602. The van der Waals surface area contributed by atoms with Crippen molar-refractivity contribution in [2.24, 2.45) is 0 Å². The summed E-state index contributed by atoms with van der Waals surface area (Å²) < 4.78 is 4.71. The molecule has 0 fully saturated rings. The zero-order valence-electron chi connectivity index (χ0n) is 9.92. The lowest BCUT2D eigenvalue weighted by Crippen LogP contribution is -2.00. The van der Waals surface area contributed by atoms with Crippen LogP contribution in [0.15, 0.2) is 24.3 Å². The first-order valence-corrected chi connectivity index (χ1v) is 5.39. The summed E-state index contributed by atoms with van der Waals surface area (Å²) in [6.45, 7) is 1.71. The molecule has 5 heteroatoms. The van der Waals surface area contributed by atoms with E-state index in [0.717, 1.165) is 0 Å². The number of aromatic carboxylic acids is 1. The van der Waals surface area contributed by atoms with Crippen LogP contribution in [0.3, 0.4) is 0 Å². The van der Waals surface area contributed by atoms with Gasteiger partial charge in [0.1, 0.15) is 0 Å². The number of carbonyl (C=O) groups is 2. The van der Waals surface area contributed by atoms with Gasteiger partial charge < -0.3 is 14.9 Å². The summed E-state index contributed by atoms with van der Waals surface area (Å²) in [4.78, 5) is 22.0. The number of carbonyl (C=O) groups excluding carboxylic acids is 1. The summed E-state index contributed by atoms with van der Waals surface area (Å²) in [7, 11) is 0. The highest BCUT2D eigenvalue weighted by Crippen LogP contribution is 2.12.